The maximum atomic E-state index is 12.9. The first kappa shape index (κ1) is 16.0. The van der Waals surface area contributed by atoms with Crippen LogP contribution in [0.15, 0.2) is 34.9 Å². The molecule has 23 heavy (non-hydrogen) atoms. The van der Waals surface area contributed by atoms with E-state index in [-0.39, 0.29) is 19.0 Å². The van der Waals surface area contributed by atoms with Crippen LogP contribution in [0.2, 0.25) is 0 Å². The summed E-state index contributed by atoms with van der Waals surface area (Å²) < 4.78 is 44.1. The van der Waals surface area contributed by atoms with E-state index in [2.05, 4.69) is 10.1 Å². The standard InChI is InChI=1S/C16H18F3N3O/c1-11(22-9-5-8-13(10-22)16(17,18)19)15-20-14(21-23-15)12-6-3-2-4-7-12/h2-4,6-7,11,13H,5,8-10H2,1H3/t11-,13-/m1/s1. The summed E-state index contributed by atoms with van der Waals surface area (Å²) in [5.41, 5.74) is 0.821. The van der Waals surface area contributed by atoms with E-state index in [4.69, 9.17) is 4.52 Å². The zero-order valence-electron chi connectivity index (χ0n) is 12.8. The summed E-state index contributed by atoms with van der Waals surface area (Å²) in [6.45, 7) is 2.39. The van der Waals surface area contributed by atoms with Crippen LogP contribution in [0.5, 0.6) is 0 Å². The second-order valence-corrected chi connectivity index (χ2v) is 5.87. The monoisotopic (exact) mass is 325 g/mol. The quantitative estimate of drug-likeness (QED) is 0.853. The summed E-state index contributed by atoms with van der Waals surface area (Å²) in [5, 5.41) is 3.94. The molecule has 1 aliphatic rings. The lowest BCUT2D eigenvalue weighted by molar-refractivity contribution is -0.188. The van der Waals surface area contributed by atoms with E-state index >= 15 is 0 Å². The third-order valence-electron chi connectivity index (χ3n) is 4.29. The summed E-state index contributed by atoms with van der Waals surface area (Å²) in [5.74, 6) is -0.473. The molecule has 3 rings (SSSR count). The predicted octanol–water partition coefficient (Wildman–Crippen LogP) is 4.07. The van der Waals surface area contributed by atoms with Gasteiger partial charge in [0, 0.05) is 12.1 Å². The molecule has 0 bridgehead atoms. The third-order valence-corrected chi connectivity index (χ3v) is 4.29. The van der Waals surface area contributed by atoms with E-state index in [9.17, 15) is 13.2 Å². The molecule has 1 aromatic carbocycles. The number of hydrogen-bond acceptors (Lipinski definition) is 4. The van der Waals surface area contributed by atoms with Crippen molar-refractivity contribution in [1.29, 1.82) is 0 Å². The highest BCUT2D eigenvalue weighted by Crippen LogP contribution is 2.35. The lowest BCUT2D eigenvalue weighted by atomic mass is 9.96. The van der Waals surface area contributed by atoms with Crippen LogP contribution in [0.3, 0.4) is 0 Å². The number of piperidine rings is 1. The van der Waals surface area contributed by atoms with Crippen molar-refractivity contribution in [2.75, 3.05) is 13.1 Å². The van der Waals surface area contributed by atoms with Crippen LogP contribution in [0.1, 0.15) is 31.7 Å². The summed E-state index contributed by atoms with van der Waals surface area (Å²) in [6.07, 6.45) is -3.44. The van der Waals surface area contributed by atoms with Gasteiger partial charge in [-0.05, 0) is 26.3 Å². The first-order valence-electron chi connectivity index (χ1n) is 7.65. The van der Waals surface area contributed by atoms with Gasteiger partial charge in [0.05, 0.1) is 12.0 Å². The van der Waals surface area contributed by atoms with Crippen molar-refractivity contribution in [3.63, 3.8) is 0 Å². The van der Waals surface area contributed by atoms with Crippen molar-refractivity contribution in [1.82, 2.24) is 15.0 Å². The smallest absolute Gasteiger partial charge is 0.337 e. The van der Waals surface area contributed by atoms with Gasteiger partial charge in [-0.1, -0.05) is 35.5 Å². The molecule has 1 fully saturated rings. The highest BCUT2D eigenvalue weighted by molar-refractivity contribution is 5.53. The van der Waals surface area contributed by atoms with Crippen molar-refractivity contribution in [2.24, 2.45) is 5.92 Å². The summed E-state index contributed by atoms with van der Waals surface area (Å²) in [6, 6.07) is 9.02. The van der Waals surface area contributed by atoms with Gasteiger partial charge < -0.3 is 4.52 Å². The van der Waals surface area contributed by atoms with Gasteiger partial charge in [0.25, 0.3) is 0 Å². The molecule has 0 unspecified atom stereocenters. The fourth-order valence-electron chi connectivity index (χ4n) is 2.89. The molecule has 0 saturated carbocycles. The molecular formula is C16H18F3N3O. The van der Waals surface area contributed by atoms with Crippen molar-refractivity contribution >= 4 is 0 Å². The van der Waals surface area contributed by atoms with Crippen LogP contribution >= 0.6 is 0 Å². The Morgan fingerprint density at radius 1 is 1.26 bits per heavy atom. The average molecular weight is 325 g/mol. The van der Waals surface area contributed by atoms with Crippen LogP contribution in [0, 0.1) is 5.92 Å². The fraction of sp³-hybridized carbons (Fsp3) is 0.500. The number of likely N-dealkylation sites (tertiary alicyclic amines) is 1. The molecule has 2 aromatic rings. The fourth-order valence-corrected chi connectivity index (χ4v) is 2.89. The Kier molecular flexibility index (Phi) is 4.39. The molecule has 7 heteroatoms. The first-order chi connectivity index (χ1) is 10.9. The third kappa shape index (κ3) is 3.55. The van der Waals surface area contributed by atoms with Gasteiger partial charge in [0.2, 0.25) is 11.7 Å². The largest absolute Gasteiger partial charge is 0.393 e. The zero-order chi connectivity index (χ0) is 16.4. The Morgan fingerprint density at radius 3 is 2.70 bits per heavy atom. The Labute approximate surface area is 132 Å². The molecule has 0 N–H and O–H groups in total. The van der Waals surface area contributed by atoms with E-state index in [1.807, 2.05) is 30.3 Å². The van der Waals surface area contributed by atoms with Crippen molar-refractivity contribution in [3.8, 4) is 11.4 Å². The lowest BCUT2D eigenvalue weighted by Gasteiger charge is -2.36. The number of halogens is 3. The summed E-state index contributed by atoms with van der Waals surface area (Å²) in [7, 11) is 0. The summed E-state index contributed by atoms with van der Waals surface area (Å²) >= 11 is 0. The zero-order valence-corrected chi connectivity index (χ0v) is 12.8. The lowest BCUT2D eigenvalue weighted by Crippen LogP contribution is -2.42. The maximum absolute atomic E-state index is 12.9. The van der Waals surface area contributed by atoms with Crippen molar-refractivity contribution in [2.45, 2.75) is 32.0 Å². The van der Waals surface area contributed by atoms with Gasteiger partial charge in [-0.3, -0.25) is 4.90 Å². The van der Waals surface area contributed by atoms with Crippen LogP contribution < -0.4 is 0 Å². The number of benzene rings is 1. The number of nitrogens with zero attached hydrogens (tertiary/aromatic N) is 3. The minimum Gasteiger partial charge on any atom is -0.337 e. The Morgan fingerprint density at radius 2 is 2.00 bits per heavy atom. The van der Waals surface area contributed by atoms with E-state index in [1.165, 1.54) is 0 Å². The van der Waals surface area contributed by atoms with Crippen molar-refractivity contribution in [3.05, 3.63) is 36.2 Å². The molecule has 1 saturated heterocycles. The molecule has 0 radical (unpaired) electrons. The van der Waals surface area contributed by atoms with Crippen LogP contribution in [0.4, 0.5) is 13.2 Å². The van der Waals surface area contributed by atoms with Crippen LogP contribution in [0.25, 0.3) is 11.4 Å². The SMILES string of the molecule is C[C@H](c1nc(-c2ccccc2)no1)N1CCC[C@@H](C(F)(F)F)C1. The number of aromatic nitrogens is 2. The minimum atomic E-state index is -4.15. The minimum absolute atomic E-state index is 0.0201. The van der Waals surface area contributed by atoms with Gasteiger partial charge in [-0.15, -0.1) is 0 Å². The van der Waals surface area contributed by atoms with Crippen molar-refractivity contribution < 1.29 is 17.7 Å². The van der Waals surface area contributed by atoms with E-state index in [0.29, 0.717) is 24.7 Å². The van der Waals surface area contributed by atoms with Gasteiger partial charge in [0.1, 0.15) is 0 Å². The number of rotatable bonds is 3. The highest BCUT2D eigenvalue weighted by atomic mass is 19.4. The predicted molar refractivity (Wildman–Crippen MR) is 78.5 cm³/mol. The van der Waals surface area contributed by atoms with Crippen LogP contribution in [-0.4, -0.2) is 34.3 Å². The molecule has 2 atom stereocenters. The molecule has 1 aromatic heterocycles. The first-order valence-corrected chi connectivity index (χ1v) is 7.65. The van der Waals surface area contributed by atoms with E-state index in [0.717, 1.165) is 5.56 Å². The maximum Gasteiger partial charge on any atom is 0.393 e. The van der Waals surface area contributed by atoms with Gasteiger partial charge >= 0.3 is 6.18 Å². The molecule has 2 heterocycles. The molecule has 124 valence electrons. The van der Waals surface area contributed by atoms with Gasteiger partial charge in [-0.2, -0.15) is 18.2 Å². The van der Waals surface area contributed by atoms with Gasteiger partial charge in [-0.25, -0.2) is 0 Å². The molecule has 4 nitrogen and oxygen atoms in total. The van der Waals surface area contributed by atoms with E-state index < -0.39 is 12.1 Å². The number of hydrogen-bond donors (Lipinski definition) is 0. The Hall–Kier alpha value is -1.89. The number of alkyl halides is 3. The molecule has 0 aliphatic carbocycles. The molecule has 0 amide bonds. The molecule has 1 aliphatic heterocycles. The highest BCUT2D eigenvalue weighted by Gasteiger charge is 2.43. The summed E-state index contributed by atoms with van der Waals surface area (Å²) in [4.78, 5) is 6.11. The Bertz CT molecular complexity index is 642. The topological polar surface area (TPSA) is 42.2 Å². The molecule has 0 spiro atoms. The van der Waals surface area contributed by atoms with Gasteiger partial charge in [0.15, 0.2) is 0 Å². The van der Waals surface area contributed by atoms with Crippen LogP contribution in [-0.2, 0) is 0 Å². The molecular weight excluding hydrogens is 307 g/mol. The van der Waals surface area contributed by atoms with E-state index in [1.54, 1.807) is 11.8 Å². The normalized spacial score (nSPS) is 21.3. The second kappa shape index (κ2) is 6.31. The Balaban J connectivity index is 1.73. The second-order valence-electron chi connectivity index (χ2n) is 5.87. The average Bonchev–Trinajstić information content (AvgIpc) is 3.04.